The van der Waals surface area contributed by atoms with Crippen LogP contribution >= 0.6 is 19.3 Å². The van der Waals surface area contributed by atoms with Crippen LogP contribution < -0.4 is 39.7 Å². The summed E-state index contributed by atoms with van der Waals surface area (Å²) in [6, 6.07) is 8.50. The summed E-state index contributed by atoms with van der Waals surface area (Å²) in [7, 11) is -3.44. The number of thioether (sulfide) groups is 1. The fraction of sp³-hybridized carbons (Fsp3) is 0.556. The van der Waals surface area contributed by atoms with Gasteiger partial charge in [-0.05, 0) is 30.9 Å². The van der Waals surface area contributed by atoms with E-state index in [1.165, 1.54) is 18.7 Å². The molecule has 0 saturated heterocycles. The van der Waals surface area contributed by atoms with Gasteiger partial charge >= 0.3 is 18.9 Å². The molecule has 1 aromatic carbocycles. The SMILES string of the molecule is CCOP(=O)(CNC(C)=O)NC(Cc1ccccc1)NC(CCSC)C(=O)[O-].[Li+]. The molecule has 0 fully saturated rings. The second-order valence-corrected chi connectivity index (χ2v) is 9.34. The summed E-state index contributed by atoms with van der Waals surface area (Å²) in [6.45, 7) is 3.20. The molecule has 0 spiro atoms. The first-order chi connectivity index (χ1) is 13.3. The number of carbonyl (C=O) groups is 2. The molecule has 0 bridgehead atoms. The predicted molar refractivity (Wildman–Crippen MR) is 110 cm³/mol. The van der Waals surface area contributed by atoms with Crippen molar-refractivity contribution in [3.8, 4) is 0 Å². The van der Waals surface area contributed by atoms with Crippen molar-refractivity contribution in [2.45, 2.75) is 38.9 Å². The fourth-order valence-electron chi connectivity index (χ4n) is 2.53. The fourth-order valence-corrected chi connectivity index (χ4v) is 4.75. The van der Waals surface area contributed by atoms with Gasteiger partial charge in [0, 0.05) is 19.4 Å². The van der Waals surface area contributed by atoms with E-state index in [0.29, 0.717) is 18.6 Å². The van der Waals surface area contributed by atoms with Crippen LogP contribution in [0.15, 0.2) is 30.3 Å². The largest absolute Gasteiger partial charge is 1.00 e. The third-order valence-corrected chi connectivity index (χ3v) is 6.41. The molecule has 0 aliphatic carbocycles. The van der Waals surface area contributed by atoms with Gasteiger partial charge in [-0.1, -0.05) is 30.3 Å². The molecular weight excluding hydrogens is 408 g/mol. The standard InChI is InChI=1S/C18H30N3O5PS.Li/c1-4-26-27(25,13-19-14(2)22)21-17(12-15-8-6-5-7-9-15)20-16(18(23)24)10-11-28-3;/h5-9,16-17,20H,4,10-13H2,1-3H3,(H,19,22)(H,21,25)(H,23,24);/q;+1/p-1. The maximum absolute atomic E-state index is 13.1. The van der Waals surface area contributed by atoms with E-state index in [1.807, 2.05) is 36.6 Å². The molecule has 0 saturated carbocycles. The van der Waals surface area contributed by atoms with Crippen LogP contribution in [0.3, 0.4) is 0 Å². The summed E-state index contributed by atoms with van der Waals surface area (Å²) in [6.07, 6.45) is 1.78. The Hall–Kier alpha value is -0.783. The van der Waals surface area contributed by atoms with E-state index in [1.54, 1.807) is 6.92 Å². The molecule has 0 radical (unpaired) electrons. The summed E-state index contributed by atoms with van der Waals surface area (Å²) >= 11 is 1.53. The Morgan fingerprint density at radius 1 is 1.28 bits per heavy atom. The van der Waals surface area contributed by atoms with Crippen molar-refractivity contribution in [1.29, 1.82) is 0 Å². The van der Waals surface area contributed by atoms with Crippen molar-refractivity contribution in [1.82, 2.24) is 15.7 Å². The molecule has 158 valence electrons. The minimum atomic E-state index is -3.44. The average molecular weight is 437 g/mol. The van der Waals surface area contributed by atoms with E-state index in [2.05, 4.69) is 15.7 Å². The first kappa shape index (κ1) is 28.2. The van der Waals surface area contributed by atoms with Crippen LogP contribution in [0.1, 0.15) is 25.8 Å². The number of hydrogen-bond donors (Lipinski definition) is 3. The molecule has 8 nitrogen and oxygen atoms in total. The monoisotopic (exact) mass is 437 g/mol. The van der Waals surface area contributed by atoms with Crippen LogP contribution in [0.5, 0.6) is 0 Å². The molecule has 29 heavy (non-hydrogen) atoms. The Labute approximate surface area is 189 Å². The molecule has 11 heteroatoms. The van der Waals surface area contributed by atoms with Crippen LogP contribution in [0.2, 0.25) is 0 Å². The number of rotatable bonds is 14. The molecule has 3 N–H and O–H groups in total. The first-order valence-electron chi connectivity index (χ1n) is 9.05. The molecule has 1 rings (SSSR count). The smallest absolute Gasteiger partial charge is 0.548 e. The average Bonchev–Trinajstić information content (AvgIpc) is 2.64. The van der Waals surface area contributed by atoms with Crippen molar-refractivity contribution in [3.05, 3.63) is 35.9 Å². The summed E-state index contributed by atoms with van der Waals surface area (Å²) in [4.78, 5) is 22.8. The van der Waals surface area contributed by atoms with Crippen molar-refractivity contribution < 1.29 is 42.6 Å². The minimum Gasteiger partial charge on any atom is -0.548 e. The normalized spacial score (nSPS) is 14.9. The summed E-state index contributed by atoms with van der Waals surface area (Å²) in [5.74, 6) is -0.914. The van der Waals surface area contributed by atoms with Crippen molar-refractivity contribution in [3.63, 3.8) is 0 Å². The van der Waals surface area contributed by atoms with Gasteiger partial charge < -0.3 is 19.7 Å². The molecular formula is C18H29LiN3O5PS. The topological polar surface area (TPSA) is 120 Å². The minimum absolute atomic E-state index is 0. The maximum Gasteiger partial charge on any atom is 1.00 e. The van der Waals surface area contributed by atoms with E-state index in [9.17, 15) is 19.3 Å². The predicted octanol–water partition coefficient (Wildman–Crippen LogP) is -2.07. The van der Waals surface area contributed by atoms with E-state index in [4.69, 9.17) is 4.52 Å². The number of nitrogens with one attached hydrogen (secondary N) is 3. The third-order valence-electron chi connectivity index (χ3n) is 3.81. The zero-order valence-electron chi connectivity index (χ0n) is 17.5. The second kappa shape index (κ2) is 15.1. The third kappa shape index (κ3) is 11.9. The Morgan fingerprint density at radius 2 is 1.93 bits per heavy atom. The van der Waals surface area contributed by atoms with E-state index in [-0.39, 0.29) is 37.7 Å². The quantitative estimate of drug-likeness (QED) is 0.173. The van der Waals surface area contributed by atoms with Crippen LogP contribution in [0, 0.1) is 0 Å². The van der Waals surface area contributed by atoms with Crippen molar-refractivity contribution >= 4 is 31.2 Å². The van der Waals surface area contributed by atoms with Crippen molar-refractivity contribution in [2.24, 2.45) is 0 Å². The van der Waals surface area contributed by atoms with Crippen LogP contribution in [-0.2, 0) is 25.1 Å². The van der Waals surface area contributed by atoms with Gasteiger partial charge in [-0.25, -0.2) is 5.09 Å². The number of carbonyl (C=O) groups excluding carboxylic acids is 2. The molecule has 0 heterocycles. The van der Waals surface area contributed by atoms with Crippen LogP contribution in [0.25, 0.3) is 0 Å². The van der Waals surface area contributed by atoms with Gasteiger partial charge in [0.2, 0.25) is 5.91 Å². The Balaban J connectivity index is 0.00000784. The van der Waals surface area contributed by atoms with E-state index >= 15 is 0 Å². The van der Waals surface area contributed by atoms with Gasteiger partial charge in [-0.2, -0.15) is 11.8 Å². The van der Waals surface area contributed by atoms with E-state index < -0.39 is 25.7 Å². The number of aliphatic carboxylic acids is 1. The number of benzene rings is 1. The molecule has 3 atom stereocenters. The van der Waals surface area contributed by atoms with Gasteiger partial charge in [0.15, 0.2) is 0 Å². The number of carboxylic acid groups (broad SMARTS) is 1. The summed E-state index contributed by atoms with van der Waals surface area (Å²) in [5.41, 5.74) is 0.928. The molecule has 3 unspecified atom stereocenters. The van der Waals surface area contributed by atoms with Crippen LogP contribution in [-0.4, -0.2) is 49.0 Å². The maximum atomic E-state index is 13.1. The summed E-state index contributed by atoms with van der Waals surface area (Å²) in [5, 5.41) is 19.9. The van der Waals surface area contributed by atoms with Gasteiger partial charge in [-0.3, -0.25) is 14.7 Å². The Kier molecular flexibility index (Phi) is 14.7. The number of carboxylic acids is 1. The van der Waals surface area contributed by atoms with Gasteiger partial charge in [0.05, 0.1) is 18.7 Å². The number of amides is 1. The molecule has 1 amide bonds. The number of hydrogen-bond acceptors (Lipinski definition) is 7. The molecule has 0 aliphatic rings. The zero-order chi connectivity index (χ0) is 21.0. The van der Waals surface area contributed by atoms with Gasteiger partial charge in [0.25, 0.3) is 7.52 Å². The van der Waals surface area contributed by atoms with E-state index in [0.717, 1.165) is 5.56 Å². The first-order valence-corrected chi connectivity index (χ1v) is 12.3. The molecule has 0 aliphatic heterocycles. The Bertz CT molecular complexity index is 668. The second-order valence-electron chi connectivity index (χ2n) is 6.17. The van der Waals surface area contributed by atoms with Gasteiger partial charge in [0.1, 0.15) is 6.29 Å². The zero-order valence-corrected chi connectivity index (χ0v) is 19.2. The summed E-state index contributed by atoms with van der Waals surface area (Å²) < 4.78 is 18.5. The molecule has 0 aromatic heterocycles. The van der Waals surface area contributed by atoms with Crippen LogP contribution in [0.4, 0.5) is 0 Å². The Morgan fingerprint density at radius 3 is 2.45 bits per heavy atom. The molecule has 1 aromatic rings. The van der Waals surface area contributed by atoms with Crippen molar-refractivity contribution in [2.75, 3.05) is 24.9 Å². The van der Waals surface area contributed by atoms with Gasteiger partial charge in [-0.15, -0.1) is 0 Å².